The Morgan fingerprint density at radius 2 is 1.73 bits per heavy atom. The van der Waals surface area contributed by atoms with Gasteiger partial charge in [0.2, 0.25) is 5.91 Å². The summed E-state index contributed by atoms with van der Waals surface area (Å²) in [4.78, 5) is 29.2. The Hall–Kier alpha value is -2.12. The molecule has 26 heavy (non-hydrogen) atoms. The molecule has 7 nitrogen and oxygen atoms in total. The molecule has 2 aliphatic rings. The van der Waals surface area contributed by atoms with Gasteiger partial charge in [-0.2, -0.15) is 0 Å². The number of benzene rings is 1. The van der Waals surface area contributed by atoms with Gasteiger partial charge in [0.25, 0.3) is 5.91 Å². The lowest BCUT2D eigenvalue weighted by Gasteiger charge is -2.41. The van der Waals surface area contributed by atoms with Gasteiger partial charge in [0.15, 0.2) is 0 Å². The van der Waals surface area contributed by atoms with E-state index in [1.165, 1.54) is 0 Å². The van der Waals surface area contributed by atoms with E-state index in [2.05, 4.69) is 0 Å². The number of rotatable bonds is 4. The second kappa shape index (κ2) is 8.05. The topological polar surface area (TPSA) is 85.1 Å². The lowest BCUT2D eigenvalue weighted by atomic mass is 9.89. The predicted molar refractivity (Wildman–Crippen MR) is 97.1 cm³/mol. The van der Waals surface area contributed by atoms with Crippen LogP contribution in [0.3, 0.4) is 0 Å². The van der Waals surface area contributed by atoms with Crippen LogP contribution in [0, 0.1) is 0 Å². The molecule has 3 rings (SSSR count). The van der Waals surface area contributed by atoms with E-state index in [-0.39, 0.29) is 11.8 Å². The van der Waals surface area contributed by atoms with Crippen LogP contribution < -0.4 is 10.5 Å². The molecule has 0 radical (unpaired) electrons. The molecule has 2 aliphatic heterocycles. The largest absolute Gasteiger partial charge is 0.493 e. The van der Waals surface area contributed by atoms with E-state index in [1.54, 1.807) is 21.9 Å². The van der Waals surface area contributed by atoms with E-state index >= 15 is 0 Å². The second-order valence-electron chi connectivity index (χ2n) is 6.78. The zero-order valence-corrected chi connectivity index (χ0v) is 15.3. The molecule has 7 heteroatoms. The maximum Gasteiger partial charge on any atom is 0.257 e. The average molecular weight is 361 g/mol. The first kappa shape index (κ1) is 18.7. The highest BCUT2D eigenvalue weighted by molar-refractivity contribution is 5.97. The number of carbonyl (C=O) groups is 2. The molecule has 2 saturated heterocycles. The molecule has 2 heterocycles. The molecule has 0 spiro atoms. The Morgan fingerprint density at radius 1 is 1.12 bits per heavy atom. The first-order chi connectivity index (χ1) is 12.5. The molecule has 0 atom stereocenters. The Balaban J connectivity index is 1.61. The summed E-state index contributed by atoms with van der Waals surface area (Å²) in [5.74, 6) is 0.513. The van der Waals surface area contributed by atoms with Crippen molar-refractivity contribution in [1.29, 1.82) is 0 Å². The fraction of sp³-hybridized carbons (Fsp3) is 0.579. The summed E-state index contributed by atoms with van der Waals surface area (Å²) in [6.45, 7) is 5.45. The smallest absolute Gasteiger partial charge is 0.257 e. The van der Waals surface area contributed by atoms with Crippen molar-refractivity contribution < 1.29 is 19.1 Å². The van der Waals surface area contributed by atoms with Crippen molar-refractivity contribution in [3.8, 4) is 5.75 Å². The van der Waals surface area contributed by atoms with E-state index in [9.17, 15) is 9.59 Å². The first-order valence-corrected chi connectivity index (χ1v) is 9.22. The van der Waals surface area contributed by atoms with Gasteiger partial charge in [0, 0.05) is 39.4 Å². The third-order valence-electron chi connectivity index (χ3n) is 5.08. The number of amides is 2. The van der Waals surface area contributed by atoms with Crippen LogP contribution in [0.25, 0.3) is 0 Å². The highest BCUT2D eigenvalue weighted by atomic mass is 16.5. The number of nitrogens with zero attached hydrogens (tertiary/aromatic N) is 2. The molecule has 0 aromatic heterocycles. The normalized spacial score (nSPS) is 19.9. The van der Waals surface area contributed by atoms with Gasteiger partial charge in [-0.3, -0.25) is 9.59 Å². The maximum absolute atomic E-state index is 12.8. The Labute approximate surface area is 154 Å². The summed E-state index contributed by atoms with van der Waals surface area (Å²) in [5, 5.41) is 0. The third-order valence-corrected chi connectivity index (χ3v) is 5.08. The molecule has 1 aromatic rings. The number of piperazine rings is 1. The molecule has 0 unspecified atom stereocenters. The van der Waals surface area contributed by atoms with Crippen molar-refractivity contribution in [2.24, 2.45) is 5.73 Å². The predicted octanol–water partition coefficient (Wildman–Crippen LogP) is 0.878. The van der Waals surface area contributed by atoms with Gasteiger partial charge >= 0.3 is 0 Å². The summed E-state index contributed by atoms with van der Waals surface area (Å²) in [7, 11) is 0. The summed E-state index contributed by atoms with van der Waals surface area (Å²) in [5.41, 5.74) is 6.04. The van der Waals surface area contributed by atoms with Crippen molar-refractivity contribution >= 4 is 11.8 Å². The highest BCUT2D eigenvalue weighted by Gasteiger charge is 2.40. The molecular weight excluding hydrogens is 334 g/mol. The lowest BCUT2D eigenvalue weighted by Crippen LogP contribution is -2.61. The minimum atomic E-state index is -0.827. The second-order valence-corrected chi connectivity index (χ2v) is 6.78. The van der Waals surface area contributed by atoms with Crippen LogP contribution in [-0.4, -0.2) is 73.2 Å². The molecular formula is C19H27N3O4. The fourth-order valence-corrected chi connectivity index (χ4v) is 3.47. The molecule has 142 valence electrons. The zero-order chi connectivity index (χ0) is 18.6. The molecule has 2 amide bonds. The van der Waals surface area contributed by atoms with Crippen molar-refractivity contribution in [2.75, 3.05) is 46.0 Å². The van der Waals surface area contributed by atoms with E-state index in [4.69, 9.17) is 15.2 Å². The molecule has 2 N–H and O–H groups in total. The van der Waals surface area contributed by atoms with Crippen LogP contribution in [0.15, 0.2) is 24.3 Å². The summed E-state index contributed by atoms with van der Waals surface area (Å²) in [6.07, 6.45) is 1.10. The van der Waals surface area contributed by atoms with Gasteiger partial charge in [-0.1, -0.05) is 12.1 Å². The summed E-state index contributed by atoms with van der Waals surface area (Å²) < 4.78 is 10.9. The SMILES string of the molecule is CCOc1ccccc1C(=O)N1CCN(C(=O)C2(N)CCOCC2)CC1. The van der Waals surface area contributed by atoms with Crippen LogP contribution in [0.5, 0.6) is 5.75 Å². The van der Waals surface area contributed by atoms with Gasteiger partial charge in [0.05, 0.1) is 17.7 Å². The highest BCUT2D eigenvalue weighted by Crippen LogP contribution is 2.23. The monoisotopic (exact) mass is 361 g/mol. The number of carbonyl (C=O) groups excluding carboxylic acids is 2. The Morgan fingerprint density at radius 3 is 2.38 bits per heavy atom. The van der Waals surface area contributed by atoms with Crippen molar-refractivity contribution in [3.63, 3.8) is 0 Å². The van der Waals surface area contributed by atoms with Gasteiger partial charge in [-0.05, 0) is 31.9 Å². The molecule has 2 fully saturated rings. The average Bonchev–Trinajstić information content (AvgIpc) is 2.68. The van der Waals surface area contributed by atoms with Crippen LogP contribution in [0.4, 0.5) is 0 Å². The van der Waals surface area contributed by atoms with Crippen molar-refractivity contribution in [2.45, 2.75) is 25.3 Å². The maximum atomic E-state index is 12.8. The van der Waals surface area contributed by atoms with E-state index in [0.717, 1.165) is 0 Å². The fourth-order valence-electron chi connectivity index (χ4n) is 3.47. The van der Waals surface area contributed by atoms with Gasteiger partial charge in [-0.15, -0.1) is 0 Å². The Kier molecular flexibility index (Phi) is 5.78. The molecule has 0 saturated carbocycles. The number of hydrogen-bond donors (Lipinski definition) is 1. The summed E-state index contributed by atoms with van der Waals surface area (Å²) in [6, 6.07) is 7.27. The van der Waals surface area contributed by atoms with Crippen molar-refractivity contribution in [1.82, 2.24) is 9.80 Å². The molecule has 0 bridgehead atoms. The van der Waals surface area contributed by atoms with E-state index in [0.29, 0.717) is 70.2 Å². The van der Waals surface area contributed by atoms with Crippen LogP contribution in [0.1, 0.15) is 30.1 Å². The van der Waals surface area contributed by atoms with Crippen LogP contribution in [-0.2, 0) is 9.53 Å². The van der Waals surface area contributed by atoms with E-state index in [1.807, 2.05) is 19.1 Å². The number of ether oxygens (including phenoxy) is 2. The zero-order valence-electron chi connectivity index (χ0n) is 15.3. The number of nitrogens with two attached hydrogens (primary N) is 1. The summed E-state index contributed by atoms with van der Waals surface area (Å²) >= 11 is 0. The van der Waals surface area contributed by atoms with Gasteiger partial charge in [0.1, 0.15) is 5.75 Å². The quantitative estimate of drug-likeness (QED) is 0.860. The van der Waals surface area contributed by atoms with Crippen LogP contribution in [0.2, 0.25) is 0 Å². The molecule has 0 aliphatic carbocycles. The van der Waals surface area contributed by atoms with Crippen molar-refractivity contribution in [3.05, 3.63) is 29.8 Å². The minimum Gasteiger partial charge on any atom is -0.493 e. The molecule has 1 aromatic carbocycles. The number of hydrogen-bond acceptors (Lipinski definition) is 5. The first-order valence-electron chi connectivity index (χ1n) is 9.22. The Bertz CT molecular complexity index is 650. The standard InChI is InChI=1S/C19H27N3O4/c1-2-26-16-6-4-3-5-15(16)17(23)21-9-11-22(12-10-21)18(24)19(20)7-13-25-14-8-19/h3-6H,2,7-14,20H2,1H3. The van der Waals surface area contributed by atoms with Crippen LogP contribution >= 0.6 is 0 Å². The van der Waals surface area contributed by atoms with E-state index < -0.39 is 5.54 Å². The third kappa shape index (κ3) is 3.83. The van der Waals surface area contributed by atoms with Gasteiger partial charge in [-0.25, -0.2) is 0 Å². The lowest BCUT2D eigenvalue weighted by molar-refractivity contribution is -0.142. The van der Waals surface area contributed by atoms with Gasteiger partial charge < -0.3 is 25.0 Å². The minimum absolute atomic E-state index is 0.0254. The number of para-hydroxylation sites is 1.